The van der Waals surface area contributed by atoms with Crippen LogP contribution in [0.5, 0.6) is 0 Å². The highest BCUT2D eigenvalue weighted by Gasteiger charge is 2.48. The molecule has 0 radical (unpaired) electrons. The molecule has 1 aliphatic rings. The minimum atomic E-state index is -4.29. The molecule has 0 N–H and O–H groups in total. The number of esters is 1. The van der Waals surface area contributed by atoms with Crippen LogP contribution >= 0.6 is 11.8 Å². The average molecular weight is 593 g/mol. The summed E-state index contributed by atoms with van der Waals surface area (Å²) < 4.78 is 71.9. The molecule has 210 valence electrons. The van der Waals surface area contributed by atoms with E-state index in [2.05, 4.69) is 10.1 Å². The maximum Gasteiger partial charge on any atom is 0.348 e. The second kappa shape index (κ2) is 11.1. The highest BCUT2D eigenvalue weighted by atomic mass is 32.2. The lowest BCUT2D eigenvalue weighted by Crippen LogP contribution is -2.49. The van der Waals surface area contributed by atoms with Gasteiger partial charge in [-0.1, -0.05) is 41.6 Å². The number of hydrogen-bond acceptors (Lipinski definition) is 10. The lowest BCUT2D eigenvalue weighted by Gasteiger charge is -2.34. The van der Waals surface area contributed by atoms with Crippen LogP contribution in [-0.4, -0.2) is 53.1 Å². The smallest absolute Gasteiger partial charge is 0.348 e. The lowest BCUT2D eigenvalue weighted by atomic mass is 9.99. The van der Waals surface area contributed by atoms with Crippen LogP contribution in [0, 0.1) is 12.1 Å². The van der Waals surface area contributed by atoms with E-state index < -0.39 is 40.9 Å². The first-order chi connectivity index (χ1) is 19.1. The van der Waals surface area contributed by atoms with E-state index in [0.717, 1.165) is 22.3 Å². The molecule has 40 heavy (non-hydrogen) atoms. The fourth-order valence-corrected chi connectivity index (χ4v) is 7.39. The van der Waals surface area contributed by atoms with Crippen LogP contribution in [0.15, 0.2) is 76.4 Å². The summed E-state index contributed by atoms with van der Waals surface area (Å²) in [6.07, 6.45) is 1.68. The number of thioether (sulfide) groups is 1. The monoisotopic (exact) mass is 592 g/mol. The molecule has 3 aromatic heterocycles. The summed E-state index contributed by atoms with van der Waals surface area (Å²) in [4.78, 5) is 17.4. The van der Waals surface area contributed by atoms with Gasteiger partial charge in [-0.15, -0.1) is 11.8 Å². The first-order valence-corrected chi connectivity index (χ1v) is 14.4. The Balaban J connectivity index is 1.51. The van der Waals surface area contributed by atoms with E-state index in [1.54, 1.807) is 13.0 Å². The van der Waals surface area contributed by atoms with E-state index in [4.69, 9.17) is 14.0 Å². The predicted molar refractivity (Wildman–Crippen MR) is 137 cm³/mol. The molecular formula is C25H22F2N4O7S2. The number of pyridine rings is 2. The first-order valence-electron chi connectivity index (χ1n) is 11.8. The predicted octanol–water partition coefficient (Wildman–Crippen LogP) is 3.11. The molecule has 0 aliphatic carbocycles. The van der Waals surface area contributed by atoms with Crippen LogP contribution < -0.4 is 4.73 Å². The summed E-state index contributed by atoms with van der Waals surface area (Å²) in [7, 11) is -4.29. The van der Waals surface area contributed by atoms with E-state index in [-0.39, 0.29) is 33.5 Å². The molecule has 1 fully saturated rings. The van der Waals surface area contributed by atoms with Crippen molar-refractivity contribution in [1.29, 1.82) is 0 Å². The Kier molecular flexibility index (Phi) is 7.72. The van der Waals surface area contributed by atoms with Crippen LogP contribution in [0.3, 0.4) is 0 Å². The molecule has 2 atom stereocenters. The molecule has 1 aromatic carbocycles. The van der Waals surface area contributed by atoms with Gasteiger partial charge in [-0.25, -0.2) is 13.4 Å². The summed E-state index contributed by atoms with van der Waals surface area (Å²) >= 11 is 1.14. The van der Waals surface area contributed by atoms with Gasteiger partial charge in [0.1, 0.15) is 17.4 Å². The molecule has 0 saturated carbocycles. The highest BCUT2D eigenvalue weighted by molar-refractivity contribution is 8.00. The van der Waals surface area contributed by atoms with Crippen LogP contribution in [0.1, 0.15) is 17.0 Å². The van der Waals surface area contributed by atoms with Gasteiger partial charge in [0.2, 0.25) is 10.0 Å². The number of carbonyl (C=O) groups excluding carboxylic acids is 1. The zero-order chi connectivity index (χ0) is 28.5. The topological polar surface area (TPSA) is 139 Å². The number of hydrogen-bond donors (Lipinski definition) is 0. The van der Waals surface area contributed by atoms with E-state index in [0.29, 0.717) is 15.8 Å². The SMILES string of the molecule is Cc1noc2ncc(S(=O)(=O)N3CSC[C@H]3C(=O)OC(Cc3cccc[n+]3[O-])(OC(F)F)c3ccccc3)cc12. The normalized spacial score (nSPS) is 17.8. The fourth-order valence-electron chi connectivity index (χ4n) is 4.29. The van der Waals surface area contributed by atoms with Crippen LogP contribution in [0.4, 0.5) is 8.78 Å². The number of fused-ring (bicyclic) bond motifs is 1. The molecule has 1 saturated heterocycles. The lowest BCUT2D eigenvalue weighted by molar-refractivity contribution is -0.616. The molecule has 15 heteroatoms. The summed E-state index contributed by atoms with van der Waals surface area (Å²) in [5.74, 6) is -3.67. The van der Waals surface area contributed by atoms with Crippen molar-refractivity contribution in [2.75, 3.05) is 11.6 Å². The Labute approximate surface area is 231 Å². The quantitative estimate of drug-likeness (QED) is 0.123. The first kappa shape index (κ1) is 27.9. The third-order valence-corrected chi connectivity index (χ3v) is 9.28. The molecule has 4 heterocycles. The number of benzene rings is 1. The molecular weight excluding hydrogens is 570 g/mol. The van der Waals surface area contributed by atoms with Gasteiger partial charge in [0.05, 0.1) is 23.2 Å². The minimum Gasteiger partial charge on any atom is -0.618 e. The molecule has 0 spiro atoms. The number of ether oxygens (including phenoxy) is 2. The Hall–Kier alpha value is -3.66. The van der Waals surface area contributed by atoms with Crippen molar-refractivity contribution in [2.45, 2.75) is 36.7 Å². The number of aromatic nitrogens is 3. The van der Waals surface area contributed by atoms with E-state index in [9.17, 15) is 27.2 Å². The van der Waals surface area contributed by atoms with Gasteiger partial charge in [-0.3, -0.25) is 9.53 Å². The number of sulfonamides is 1. The molecule has 4 aromatic rings. The van der Waals surface area contributed by atoms with Crippen LogP contribution in [-0.2, 0) is 36.5 Å². The molecule has 11 nitrogen and oxygen atoms in total. The summed E-state index contributed by atoms with van der Waals surface area (Å²) in [5, 5.41) is 16.6. The van der Waals surface area contributed by atoms with Gasteiger partial charge in [0, 0.05) is 23.4 Å². The molecule has 5 rings (SSSR count). The van der Waals surface area contributed by atoms with Gasteiger partial charge < -0.3 is 14.5 Å². The highest BCUT2D eigenvalue weighted by Crippen LogP contribution is 2.36. The fraction of sp³-hybridized carbons (Fsp3) is 0.280. The molecule has 0 amide bonds. The number of nitrogens with zero attached hydrogens (tertiary/aromatic N) is 4. The number of carbonyl (C=O) groups is 1. The van der Waals surface area contributed by atoms with Crippen molar-refractivity contribution in [1.82, 2.24) is 14.4 Å². The van der Waals surface area contributed by atoms with Crippen LogP contribution in [0.2, 0.25) is 0 Å². The maximum absolute atomic E-state index is 13.8. The second-order valence-electron chi connectivity index (χ2n) is 8.81. The summed E-state index contributed by atoms with van der Waals surface area (Å²) in [5.41, 5.74) is 0.592. The summed E-state index contributed by atoms with van der Waals surface area (Å²) in [6.45, 7) is -1.78. The molecule has 1 aliphatic heterocycles. The zero-order valence-electron chi connectivity index (χ0n) is 20.8. The van der Waals surface area contributed by atoms with Crippen molar-refractivity contribution in [3.63, 3.8) is 0 Å². The number of rotatable bonds is 9. The van der Waals surface area contributed by atoms with E-state index >= 15 is 0 Å². The number of aryl methyl sites for hydroxylation is 1. The standard InChI is InChI=1S/C25H22F2N4O7S2/c1-16-20-11-19(13-28-22(20)38-29-16)40(34,35)31-15-39-14-21(31)23(32)36-25(37-24(26)27,17-7-3-2-4-8-17)12-18-9-5-6-10-30(18)33/h2-11,13,21,24H,12,14-15H2,1H3/t21-,25?/m0/s1. The largest absolute Gasteiger partial charge is 0.618 e. The van der Waals surface area contributed by atoms with E-state index in [1.807, 2.05) is 0 Å². The van der Waals surface area contributed by atoms with Gasteiger partial charge in [0.25, 0.3) is 11.5 Å². The average Bonchev–Trinajstić information content (AvgIpc) is 3.58. The minimum absolute atomic E-state index is 0.00747. The van der Waals surface area contributed by atoms with Crippen LogP contribution in [0.25, 0.3) is 11.1 Å². The third kappa shape index (κ3) is 5.37. The third-order valence-electron chi connectivity index (χ3n) is 6.28. The molecule has 1 unspecified atom stereocenters. The summed E-state index contributed by atoms with van der Waals surface area (Å²) in [6, 6.07) is 11.8. The maximum atomic E-state index is 13.8. The van der Waals surface area contributed by atoms with Crippen molar-refractivity contribution in [3.8, 4) is 0 Å². The van der Waals surface area contributed by atoms with Crippen molar-refractivity contribution in [3.05, 3.63) is 89.1 Å². The van der Waals surface area contributed by atoms with Crippen molar-refractivity contribution < 1.29 is 40.7 Å². The second-order valence-corrected chi connectivity index (χ2v) is 11.7. The van der Waals surface area contributed by atoms with Gasteiger partial charge >= 0.3 is 12.6 Å². The van der Waals surface area contributed by atoms with Gasteiger partial charge in [-0.05, 0) is 13.0 Å². The Morgan fingerprint density at radius 2 is 2.02 bits per heavy atom. The Bertz CT molecular complexity index is 1640. The molecule has 0 bridgehead atoms. The Morgan fingerprint density at radius 1 is 1.27 bits per heavy atom. The number of halogens is 2. The van der Waals surface area contributed by atoms with Crippen molar-refractivity contribution in [2.24, 2.45) is 0 Å². The number of alkyl halides is 2. The zero-order valence-corrected chi connectivity index (χ0v) is 22.5. The van der Waals surface area contributed by atoms with Gasteiger partial charge in [0.15, 0.2) is 11.9 Å². The van der Waals surface area contributed by atoms with Crippen molar-refractivity contribution >= 4 is 38.9 Å². The van der Waals surface area contributed by atoms with E-state index in [1.165, 1.54) is 54.7 Å². The van der Waals surface area contributed by atoms with Gasteiger partial charge in [-0.2, -0.15) is 17.8 Å². The Morgan fingerprint density at radius 3 is 2.75 bits per heavy atom.